The van der Waals surface area contributed by atoms with Crippen molar-refractivity contribution < 1.29 is 4.79 Å². The molecule has 1 amide bonds. The minimum Gasteiger partial charge on any atom is -0.368 e. The fourth-order valence-electron chi connectivity index (χ4n) is 3.27. The van der Waals surface area contributed by atoms with Gasteiger partial charge in [0.2, 0.25) is 5.91 Å². The molecular weight excluding hydrogens is 340 g/mol. The van der Waals surface area contributed by atoms with E-state index in [-0.39, 0.29) is 18.1 Å². The molecule has 2 aromatic carbocycles. The topological polar surface area (TPSA) is 90.0 Å². The fraction of sp³-hybridized carbons (Fsp3) is 0.286. The number of carbonyl (C=O) groups is 1. The highest BCUT2D eigenvalue weighted by Gasteiger charge is 2.18. The maximum atomic E-state index is 12.8. The van der Waals surface area contributed by atoms with E-state index < -0.39 is 5.91 Å². The molecule has 0 saturated heterocycles. The molecule has 0 unspecified atom stereocenters. The number of nitrogens with two attached hydrogens (primary N) is 1. The maximum Gasteiger partial charge on any atom is 0.261 e. The second-order valence-corrected chi connectivity index (χ2v) is 6.92. The highest BCUT2D eigenvalue weighted by atomic mass is 16.2. The summed E-state index contributed by atoms with van der Waals surface area (Å²) in [5, 5.41) is 3.96. The Bertz CT molecular complexity index is 996. The predicted molar refractivity (Wildman–Crippen MR) is 106 cm³/mol. The van der Waals surface area contributed by atoms with Gasteiger partial charge in [0.05, 0.1) is 17.4 Å². The largest absolute Gasteiger partial charge is 0.368 e. The number of aromatic nitrogens is 2. The van der Waals surface area contributed by atoms with E-state index in [1.807, 2.05) is 24.3 Å². The average Bonchev–Trinajstić information content (AvgIpc) is 2.65. The summed E-state index contributed by atoms with van der Waals surface area (Å²) >= 11 is 0. The van der Waals surface area contributed by atoms with E-state index in [9.17, 15) is 9.59 Å². The summed E-state index contributed by atoms with van der Waals surface area (Å²) in [6.07, 6.45) is 0. The second kappa shape index (κ2) is 8.14. The van der Waals surface area contributed by atoms with Gasteiger partial charge >= 0.3 is 0 Å². The quantitative estimate of drug-likeness (QED) is 0.673. The van der Waals surface area contributed by atoms with Gasteiger partial charge in [-0.1, -0.05) is 56.3 Å². The third kappa shape index (κ3) is 4.23. The molecule has 6 heteroatoms. The number of nitrogens with one attached hydrogen (secondary N) is 1. The van der Waals surface area contributed by atoms with E-state index in [0.717, 1.165) is 5.56 Å². The lowest BCUT2D eigenvalue weighted by Crippen LogP contribution is -2.34. The molecule has 0 radical (unpaired) electrons. The molecule has 3 aromatic rings. The SMILES string of the molecule is CC(C)[C@@H](NCc1nc2ccccc2c(=O)n1CC(N)=O)c1ccccc1. The van der Waals surface area contributed by atoms with Gasteiger partial charge in [0.25, 0.3) is 5.56 Å². The molecule has 27 heavy (non-hydrogen) atoms. The van der Waals surface area contributed by atoms with E-state index in [0.29, 0.717) is 29.2 Å². The van der Waals surface area contributed by atoms with Crippen LogP contribution >= 0.6 is 0 Å². The Morgan fingerprint density at radius 2 is 1.78 bits per heavy atom. The molecule has 140 valence electrons. The zero-order valence-corrected chi connectivity index (χ0v) is 15.6. The average molecular weight is 364 g/mol. The molecule has 0 fully saturated rings. The van der Waals surface area contributed by atoms with Gasteiger partial charge in [-0.05, 0) is 23.6 Å². The summed E-state index contributed by atoms with van der Waals surface area (Å²) in [7, 11) is 0. The number of hydrogen-bond donors (Lipinski definition) is 2. The summed E-state index contributed by atoms with van der Waals surface area (Å²) < 4.78 is 1.36. The Hall–Kier alpha value is -2.99. The Balaban J connectivity index is 1.97. The summed E-state index contributed by atoms with van der Waals surface area (Å²) in [6, 6.07) is 17.4. The van der Waals surface area contributed by atoms with Crippen molar-refractivity contribution in [2.45, 2.75) is 33.0 Å². The Morgan fingerprint density at radius 3 is 2.44 bits per heavy atom. The van der Waals surface area contributed by atoms with E-state index >= 15 is 0 Å². The van der Waals surface area contributed by atoms with Gasteiger partial charge in [0, 0.05) is 6.04 Å². The molecular formula is C21H24N4O2. The van der Waals surface area contributed by atoms with Crippen molar-refractivity contribution in [3.8, 4) is 0 Å². The maximum absolute atomic E-state index is 12.8. The van der Waals surface area contributed by atoms with Crippen LogP contribution in [0.4, 0.5) is 0 Å². The summed E-state index contributed by atoms with van der Waals surface area (Å²) in [5.74, 6) is 0.266. The lowest BCUT2D eigenvalue weighted by atomic mass is 9.96. The van der Waals surface area contributed by atoms with Crippen molar-refractivity contribution in [2.75, 3.05) is 0 Å². The molecule has 0 aliphatic heterocycles. The van der Waals surface area contributed by atoms with Crippen LogP contribution < -0.4 is 16.6 Å². The number of para-hydroxylation sites is 1. The van der Waals surface area contributed by atoms with Crippen LogP contribution in [0.25, 0.3) is 10.9 Å². The molecule has 0 aliphatic rings. The predicted octanol–water partition coefficient (Wildman–Crippen LogP) is 2.37. The molecule has 6 nitrogen and oxygen atoms in total. The molecule has 0 bridgehead atoms. The van der Waals surface area contributed by atoms with Crippen molar-refractivity contribution >= 4 is 16.8 Å². The molecule has 3 rings (SSSR count). The third-order valence-corrected chi connectivity index (χ3v) is 4.56. The number of primary amides is 1. The first-order valence-electron chi connectivity index (χ1n) is 9.02. The normalized spacial score (nSPS) is 12.4. The summed E-state index contributed by atoms with van der Waals surface area (Å²) in [5.41, 5.74) is 6.88. The molecule has 0 spiro atoms. The van der Waals surface area contributed by atoms with Crippen molar-refractivity contribution in [2.24, 2.45) is 11.7 Å². The first-order chi connectivity index (χ1) is 13.0. The van der Waals surface area contributed by atoms with Gasteiger partial charge in [0.1, 0.15) is 12.4 Å². The van der Waals surface area contributed by atoms with Crippen LogP contribution in [0.1, 0.15) is 31.3 Å². The zero-order valence-electron chi connectivity index (χ0n) is 15.6. The molecule has 0 saturated carbocycles. The van der Waals surface area contributed by atoms with Gasteiger partial charge in [-0.2, -0.15) is 0 Å². The lowest BCUT2D eigenvalue weighted by molar-refractivity contribution is -0.118. The molecule has 3 N–H and O–H groups in total. The summed E-state index contributed by atoms with van der Waals surface area (Å²) in [6.45, 7) is 4.43. The third-order valence-electron chi connectivity index (χ3n) is 4.56. The van der Waals surface area contributed by atoms with Gasteiger partial charge < -0.3 is 11.1 Å². The van der Waals surface area contributed by atoms with Crippen LogP contribution in [0.3, 0.4) is 0 Å². The second-order valence-electron chi connectivity index (χ2n) is 6.92. The summed E-state index contributed by atoms with van der Waals surface area (Å²) in [4.78, 5) is 28.9. The van der Waals surface area contributed by atoms with Crippen molar-refractivity contribution in [1.82, 2.24) is 14.9 Å². The van der Waals surface area contributed by atoms with Crippen LogP contribution in [0.5, 0.6) is 0 Å². The highest BCUT2D eigenvalue weighted by Crippen LogP contribution is 2.21. The van der Waals surface area contributed by atoms with Gasteiger partial charge in [0.15, 0.2) is 0 Å². The Kier molecular flexibility index (Phi) is 5.66. The number of nitrogens with zero attached hydrogens (tertiary/aromatic N) is 2. The first kappa shape index (κ1) is 18.8. The van der Waals surface area contributed by atoms with E-state index in [1.165, 1.54) is 4.57 Å². The van der Waals surface area contributed by atoms with Crippen molar-refractivity contribution in [3.63, 3.8) is 0 Å². The van der Waals surface area contributed by atoms with Crippen molar-refractivity contribution in [3.05, 3.63) is 76.3 Å². The Labute approximate surface area is 158 Å². The zero-order chi connectivity index (χ0) is 19.4. The minimum atomic E-state index is -0.570. The molecule has 1 atom stereocenters. The van der Waals surface area contributed by atoms with Gasteiger partial charge in [-0.15, -0.1) is 0 Å². The molecule has 1 aromatic heterocycles. The van der Waals surface area contributed by atoms with Gasteiger partial charge in [-0.25, -0.2) is 4.98 Å². The standard InChI is InChI=1S/C21H24N4O2/c1-14(2)20(15-8-4-3-5-9-15)23-12-19-24-17-11-7-6-10-16(17)21(27)25(19)13-18(22)26/h3-11,14,20,23H,12-13H2,1-2H3,(H2,22,26)/t20-/m1/s1. The van der Waals surface area contributed by atoms with Crippen molar-refractivity contribution in [1.29, 1.82) is 0 Å². The monoisotopic (exact) mass is 364 g/mol. The van der Waals surface area contributed by atoms with Crippen LogP contribution in [-0.2, 0) is 17.9 Å². The Morgan fingerprint density at radius 1 is 1.11 bits per heavy atom. The lowest BCUT2D eigenvalue weighted by Gasteiger charge is -2.23. The first-order valence-corrected chi connectivity index (χ1v) is 9.02. The van der Waals surface area contributed by atoms with Gasteiger partial charge in [-0.3, -0.25) is 14.2 Å². The number of carbonyl (C=O) groups excluding carboxylic acids is 1. The highest BCUT2D eigenvalue weighted by molar-refractivity contribution is 5.78. The molecule has 1 heterocycles. The number of benzene rings is 2. The number of amides is 1. The smallest absolute Gasteiger partial charge is 0.261 e. The van der Waals surface area contributed by atoms with E-state index in [2.05, 4.69) is 36.3 Å². The van der Waals surface area contributed by atoms with Crippen LogP contribution in [-0.4, -0.2) is 15.5 Å². The minimum absolute atomic E-state index is 0.0941. The van der Waals surface area contributed by atoms with Crippen LogP contribution in [0, 0.1) is 5.92 Å². The van der Waals surface area contributed by atoms with Crippen LogP contribution in [0.2, 0.25) is 0 Å². The number of hydrogen-bond acceptors (Lipinski definition) is 4. The number of rotatable bonds is 7. The molecule has 0 aliphatic carbocycles. The van der Waals surface area contributed by atoms with E-state index in [4.69, 9.17) is 5.73 Å². The van der Waals surface area contributed by atoms with Crippen LogP contribution in [0.15, 0.2) is 59.4 Å². The fourth-order valence-corrected chi connectivity index (χ4v) is 3.27. The number of fused-ring (bicyclic) bond motifs is 1. The van der Waals surface area contributed by atoms with E-state index in [1.54, 1.807) is 18.2 Å².